The highest BCUT2D eigenvalue weighted by Crippen LogP contribution is 2.28. The van der Waals surface area contributed by atoms with Crippen molar-refractivity contribution in [1.29, 1.82) is 0 Å². The number of nitrogens with one attached hydrogen (secondary N) is 1. The standard InChI is InChI=1S/C19H31N5O/c1-2-20-18(22-16-19(25)9-5-3-6-10-19)24-14-12-23(13-15-24)17-8-4-7-11-21-17/h4,7-8,11,25H,2-3,5-6,9-10,12-16H2,1H3,(H,20,22). The monoisotopic (exact) mass is 345 g/mol. The van der Waals surface area contributed by atoms with Gasteiger partial charge in [0.2, 0.25) is 0 Å². The van der Waals surface area contributed by atoms with Crippen molar-refractivity contribution in [3.05, 3.63) is 24.4 Å². The molecule has 3 rings (SSSR count). The average molecular weight is 345 g/mol. The summed E-state index contributed by atoms with van der Waals surface area (Å²) in [5.74, 6) is 1.97. The quantitative estimate of drug-likeness (QED) is 0.644. The first-order valence-electron chi connectivity index (χ1n) is 9.62. The van der Waals surface area contributed by atoms with E-state index in [1.165, 1.54) is 6.42 Å². The van der Waals surface area contributed by atoms with E-state index in [0.29, 0.717) is 6.54 Å². The molecule has 6 nitrogen and oxygen atoms in total. The minimum absolute atomic E-state index is 0.510. The Labute approximate surface area is 151 Å². The maximum atomic E-state index is 10.7. The maximum Gasteiger partial charge on any atom is 0.194 e. The lowest BCUT2D eigenvalue weighted by molar-refractivity contribution is 0.0129. The molecular formula is C19H31N5O. The zero-order chi connectivity index (χ0) is 17.5. The number of nitrogens with zero attached hydrogens (tertiary/aromatic N) is 4. The fraction of sp³-hybridized carbons (Fsp3) is 0.684. The fourth-order valence-corrected chi connectivity index (χ4v) is 3.70. The molecule has 1 aliphatic heterocycles. The largest absolute Gasteiger partial charge is 0.388 e. The second kappa shape index (κ2) is 8.52. The molecule has 0 aromatic carbocycles. The molecule has 2 heterocycles. The van der Waals surface area contributed by atoms with Crippen LogP contribution in [0, 0.1) is 0 Å². The smallest absolute Gasteiger partial charge is 0.194 e. The van der Waals surface area contributed by atoms with Crippen molar-refractivity contribution in [2.24, 2.45) is 4.99 Å². The summed E-state index contributed by atoms with van der Waals surface area (Å²) in [4.78, 5) is 13.8. The van der Waals surface area contributed by atoms with Crippen LogP contribution in [0.4, 0.5) is 5.82 Å². The number of rotatable bonds is 4. The first-order valence-corrected chi connectivity index (χ1v) is 9.62. The van der Waals surface area contributed by atoms with Gasteiger partial charge in [0.1, 0.15) is 5.82 Å². The number of piperazine rings is 1. The van der Waals surface area contributed by atoms with Gasteiger partial charge in [-0.05, 0) is 31.9 Å². The van der Waals surface area contributed by atoms with Gasteiger partial charge < -0.3 is 20.2 Å². The van der Waals surface area contributed by atoms with Crippen LogP contribution in [-0.4, -0.2) is 65.8 Å². The maximum absolute atomic E-state index is 10.7. The van der Waals surface area contributed by atoms with E-state index in [0.717, 1.165) is 70.2 Å². The summed E-state index contributed by atoms with van der Waals surface area (Å²) in [7, 11) is 0. The Hall–Kier alpha value is -1.82. The van der Waals surface area contributed by atoms with Crippen molar-refractivity contribution in [3.8, 4) is 0 Å². The van der Waals surface area contributed by atoms with Crippen molar-refractivity contribution in [1.82, 2.24) is 15.2 Å². The van der Waals surface area contributed by atoms with Gasteiger partial charge in [0.25, 0.3) is 0 Å². The Morgan fingerprint density at radius 2 is 1.96 bits per heavy atom. The van der Waals surface area contributed by atoms with Crippen LogP contribution in [0.25, 0.3) is 0 Å². The van der Waals surface area contributed by atoms with Crippen LogP contribution in [0.1, 0.15) is 39.0 Å². The van der Waals surface area contributed by atoms with Crippen molar-refractivity contribution in [2.45, 2.75) is 44.6 Å². The van der Waals surface area contributed by atoms with Gasteiger partial charge in [-0.25, -0.2) is 4.98 Å². The van der Waals surface area contributed by atoms with Gasteiger partial charge in [-0.1, -0.05) is 25.3 Å². The van der Waals surface area contributed by atoms with E-state index >= 15 is 0 Å². The van der Waals surface area contributed by atoms with Gasteiger partial charge in [-0.15, -0.1) is 0 Å². The average Bonchev–Trinajstić information content (AvgIpc) is 2.67. The molecule has 1 aromatic heterocycles. The number of pyridine rings is 1. The number of aliphatic imine (C=N–C) groups is 1. The topological polar surface area (TPSA) is 64.0 Å². The zero-order valence-electron chi connectivity index (χ0n) is 15.3. The van der Waals surface area contributed by atoms with Crippen molar-refractivity contribution in [3.63, 3.8) is 0 Å². The van der Waals surface area contributed by atoms with Crippen LogP contribution in [0.3, 0.4) is 0 Å². The zero-order valence-corrected chi connectivity index (χ0v) is 15.3. The normalized spacial score (nSPS) is 21.3. The Balaban J connectivity index is 1.59. The summed E-state index contributed by atoms with van der Waals surface area (Å²) in [5.41, 5.74) is -0.602. The van der Waals surface area contributed by atoms with Crippen LogP contribution in [-0.2, 0) is 0 Å². The molecule has 138 valence electrons. The predicted molar refractivity (Wildman–Crippen MR) is 102 cm³/mol. The van der Waals surface area contributed by atoms with Crippen molar-refractivity contribution < 1.29 is 5.11 Å². The van der Waals surface area contributed by atoms with E-state index in [2.05, 4.69) is 33.1 Å². The van der Waals surface area contributed by atoms with Gasteiger partial charge in [0, 0.05) is 38.9 Å². The lowest BCUT2D eigenvalue weighted by atomic mass is 9.85. The van der Waals surface area contributed by atoms with Crippen LogP contribution < -0.4 is 10.2 Å². The van der Waals surface area contributed by atoms with Crippen molar-refractivity contribution in [2.75, 3.05) is 44.2 Å². The first kappa shape index (κ1) is 18.0. The van der Waals surface area contributed by atoms with Crippen molar-refractivity contribution >= 4 is 11.8 Å². The Morgan fingerprint density at radius 3 is 2.60 bits per heavy atom. The molecule has 0 radical (unpaired) electrons. The summed E-state index contributed by atoms with van der Waals surface area (Å²) >= 11 is 0. The summed E-state index contributed by atoms with van der Waals surface area (Å²) in [6.45, 7) is 7.15. The van der Waals surface area contributed by atoms with Gasteiger partial charge in [-0.3, -0.25) is 4.99 Å². The van der Waals surface area contributed by atoms with E-state index in [-0.39, 0.29) is 0 Å². The minimum Gasteiger partial charge on any atom is -0.388 e. The highest BCUT2D eigenvalue weighted by Gasteiger charge is 2.29. The minimum atomic E-state index is -0.602. The van der Waals surface area contributed by atoms with E-state index in [9.17, 15) is 5.11 Å². The number of hydrogen-bond donors (Lipinski definition) is 2. The Bertz CT molecular complexity index is 548. The summed E-state index contributed by atoms with van der Waals surface area (Å²) < 4.78 is 0. The molecule has 0 spiro atoms. The first-order chi connectivity index (χ1) is 12.2. The van der Waals surface area contributed by atoms with Crippen LogP contribution in [0.5, 0.6) is 0 Å². The summed E-state index contributed by atoms with van der Waals surface area (Å²) in [5, 5.41) is 14.1. The summed E-state index contributed by atoms with van der Waals surface area (Å²) in [6, 6.07) is 6.05. The van der Waals surface area contributed by atoms with Crippen LogP contribution in [0.2, 0.25) is 0 Å². The SMILES string of the molecule is CCNC(=NCC1(O)CCCCC1)N1CCN(c2ccccn2)CC1. The van der Waals surface area contributed by atoms with Gasteiger partial charge in [-0.2, -0.15) is 0 Å². The molecule has 2 N–H and O–H groups in total. The lowest BCUT2D eigenvalue weighted by Crippen LogP contribution is -2.53. The van der Waals surface area contributed by atoms with Crippen LogP contribution in [0.15, 0.2) is 29.4 Å². The van der Waals surface area contributed by atoms with Crippen LogP contribution >= 0.6 is 0 Å². The van der Waals surface area contributed by atoms with Gasteiger partial charge in [0.05, 0.1) is 12.1 Å². The molecular weight excluding hydrogens is 314 g/mol. The number of aromatic nitrogens is 1. The molecule has 1 saturated carbocycles. The Morgan fingerprint density at radius 1 is 1.20 bits per heavy atom. The molecule has 2 aliphatic rings. The molecule has 1 aromatic rings. The molecule has 1 aliphatic carbocycles. The third-order valence-corrected chi connectivity index (χ3v) is 5.19. The second-order valence-corrected chi connectivity index (χ2v) is 7.12. The fourth-order valence-electron chi connectivity index (χ4n) is 3.70. The number of guanidine groups is 1. The Kier molecular flexibility index (Phi) is 6.13. The van der Waals surface area contributed by atoms with Gasteiger partial charge >= 0.3 is 0 Å². The van der Waals surface area contributed by atoms with E-state index in [1.54, 1.807) is 0 Å². The summed E-state index contributed by atoms with van der Waals surface area (Å²) in [6.07, 6.45) is 7.07. The molecule has 2 fully saturated rings. The third kappa shape index (κ3) is 4.84. The predicted octanol–water partition coefficient (Wildman–Crippen LogP) is 1.86. The molecule has 0 amide bonds. The van der Waals surface area contributed by atoms with E-state index < -0.39 is 5.60 Å². The number of anilines is 1. The molecule has 0 unspecified atom stereocenters. The van der Waals surface area contributed by atoms with E-state index in [1.807, 2.05) is 18.3 Å². The number of aliphatic hydroxyl groups is 1. The van der Waals surface area contributed by atoms with E-state index in [4.69, 9.17) is 4.99 Å². The molecule has 25 heavy (non-hydrogen) atoms. The molecule has 0 atom stereocenters. The number of hydrogen-bond acceptors (Lipinski definition) is 4. The second-order valence-electron chi connectivity index (χ2n) is 7.12. The third-order valence-electron chi connectivity index (χ3n) is 5.19. The lowest BCUT2D eigenvalue weighted by Gasteiger charge is -2.37. The highest BCUT2D eigenvalue weighted by molar-refractivity contribution is 5.80. The molecule has 0 bridgehead atoms. The molecule has 6 heteroatoms. The highest BCUT2D eigenvalue weighted by atomic mass is 16.3. The van der Waals surface area contributed by atoms with Gasteiger partial charge in [0.15, 0.2) is 5.96 Å². The molecule has 1 saturated heterocycles.